The van der Waals surface area contributed by atoms with Crippen LogP contribution in [0.25, 0.3) is 0 Å². The molecule has 1 saturated heterocycles. The Kier molecular flexibility index (Phi) is 7.36. The lowest BCUT2D eigenvalue weighted by molar-refractivity contribution is 0.0508. The van der Waals surface area contributed by atoms with E-state index in [1.165, 1.54) is 5.56 Å². The molecule has 31 heavy (non-hydrogen) atoms. The van der Waals surface area contributed by atoms with E-state index in [4.69, 9.17) is 4.74 Å². The minimum Gasteiger partial charge on any atom is -0.493 e. The van der Waals surface area contributed by atoms with Crippen LogP contribution >= 0.6 is 0 Å². The van der Waals surface area contributed by atoms with Gasteiger partial charge < -0.3 is 9.64 Å². The number of para-hydroxylation sites is 1. The van der Waals surface area contributed by atoms with Crippen LogP contribution in [0.3, 0.4) is 0 Å². The summed E-state index contributed by atoms with van der Waals surface area (Å²) in [6.45, 7) is 5.59. The molecule has 2 heterocycles. The molecular formula is C26H32FN3O. The fourth-order valence-corrected chi connectivity index (χ4v) is 4.51. The highest BCUT2D eigenvalue weighted by Crippen LogP contribution is 2.28. The van der Waals surface area contributed by atoms with Crippen LogP contribution in [0, 0.1) is 18.7 Å². The molecule has 0 radical (unpaired) electrons. The molecule has 1 fully saturated rings. The van der Waals surface area contributed by atoms with Crippen molar-refractivity contribution in [3.63, 3.8) is 0 Å². The predicted octanol–water partition coefficient (Wildman–Crippen LogP) is 5.04. The van der Waals surface area contributed by atoms with Crippen molar-refractivity contribution < 1.29 is 9.13 Å². The van der Waals surface area contributed by atoms with Crippen LogP contribution in [-0.4, -0.2) is 48.4 Å². The number of rotatable bonds is 8. The normalized spacial score (nSPS) is 21.4. The van der Waals surface area contributed by atoms with Crippen LogP contribution in [0.1, 0.15) is 30.4 Å². The van der Waals surface area contributed by atoms with Crippen molar-refractivity contribution in [3.8, 4) is 5.75 Å². The second kappa shape index (κ2) is 10.6. The first-order chi connectivity index (χ1) is 15.2. The third-order valence-electron chi connectivity index (χ3n) is 6.37. The zero-order valence-corrected chi connectivity index (χ0v) is 18.3. The Hall–Kier alpha value is -2.66. The van der Waals surface area contributed by atoms with Gasteiger partial charge in [-0.15, -0.1) is 0 Å². The molecule has 0 aliphatic carbocycles. The average Bonchev–Trinajstić information content (AvgIpc) is 2.80. The molecule has 2 atom stereocenters. The molecule has 2 aliphatic rings. The summed E-state index contributed by atoms with van der Waals surface area (Å²) >= 11 is 0. The maximum atomic E-state index is 14.2. The molecule has 2 aliphatic heterocycles. The number of hydrogen-bond acceptors (Lipinski definition) is 4. The zero-order chi connectivity index (χ0) is 21.5. The molecule has 5 heteroatoms. The van der Waals surface area contributed by atoms with Crippen molar-refractivity contribution in [2.75, 3.05) is 26.4 Å². The van der Waals surface area contributed by atoms with Gasteiger partial charge in [0.2, 0.25) is 0 Å². The number of likely N-dealkylation sites (tertiary alicyclic amines) is 1. The van der Waals surface area contributed by atoms with Crippen molar-refractivity contribution in [1.82, 2.24) is 9.80 Å². The van der Waals surface area contributed by atoms with E-state index in [-0.39, 0.29) is 5.82 Å². The fraction of sp³-hybridized carbons (Fsp3) is 0.423. The largest absolute Gasteiger partial charge is 0.493 e. The molecule has 0 N–H and O–H groups in total. The van der Waals surface area contributed by atoms with Gasteiger partial charge in [-0.3, -0.25) is 9.89 Å². The second-order valence-electron chi connectivity index (χ2n) is 8.61. The number of hydrogen-bond donors (Lipinski definition) is 0. The molecule has 0 aromatic heterocycles. The quantitative estimate of drug-likeness (QED) is 0.598. The maximum absolute atomic E-state index is 14.2. The second-order valence-corrected chi connectivity index (χ2v) is 8.61. The summed E-state index contributed by atoms with van der Waals surface area (Å²) in [6, 6.07) is 15.8. The van der Waals surface area contributed by atoms with Gasteiger partial charge >= 0.3 is 0 Å². The molecule has 0 amide bonds. The van der Waals surface area contributed by atoms with E-state index in [1.54, 1.807) is 12.1 Å². The van der Waals surface area contributed by atoms with Gasteiger partial charge in [-0.05, 0) is 61.8 Å². The highest BCUT2D eigenvalue weighted by atomic mass is 19.1. The highest BCUT2D eigenvalue weighted by molar-refractivity contribution is 5.61. The molecule has 0 spiro atoms. The Morgan fingerprint density at radius 2 is 1.97 bits per heavy atom. The van der Waals surface area contributed by atoms with Gasteiger partial charge in [-0.2, -0.15) is 0 Å². The average molecular weight is 422 g/mol. The topological polar surface area (TPSA) is 28.1 Å². The van der Waals surface area contributed by atoms with Gasteiger partial charge in [0.15, 0.2) is 0 Å². The van der Waals surface area contributed by atoms with E-state index >= 15 is 0 Å². The zero-order valence-electron chi connectivity index (χ0n) is 18.3. The minimum atomic E-state index is -0.0977. The molecule has 2 aromatic rings. The Balaban J connectivity index is 1.39. The standard InChI is InChI=1S/C26H32FN3O/c1-21-6-2-5-9-26(21)31-19-22-12-15-30(20-29-16-13-28-14-17-29)24(18-22)11-10-23-7-3-4-8-25(23)27/h2-9,13-14,16,22,24H,10-12,15,17-20H2,1H3. The Morgan fingerprint density at radius 1 is 1.13 bits per heavy atom. The summed E-state index contributed by atoms with van der Waals surface area (Å²) in [5.41, 5.74) is 1.99. The number of aryl methyl sites for hydroxylation is 2. The van der Waals surface area contributed by atoms with Crippen LogP contribution in [-0.2, 0) is 6.42 Å². The number of piperidine rings is 1. The van der Waals surface area contributed by atoms with Gasteiger partial charge in [0.05, 0.1) is 19.8 Å². The summed E-state index contributed by atoms with van der Waals surface area (Å²) in [7, 11) is 0. The lowest BCUT2D eigenvalue weighted by atomic mass is 9.88. The molecule has 0 saturated carbocycles. The molecular weight excluding hydrogens is 389 g/mol. The molecule has 4 rings (SSSR count). The van der Waals surface area contributed by atoms with E-state index < -0.39 is 0 Å². The van der Waals surface area contributed by atoms with Crippen molar-refractivity contribution in [1.29, 1.82) is 0 Å². The maximum Gasteiger partial charge on any atom is 0.126 e. The Bertz CT molecular complexity index is 913. The minimum absolute atomic E-state index is 0.0977. The van der Waals surface area contributed by atoms with Gasteiger partial charge in [0.25, 0.3) is 0 Å². The third kappa shape index (κ3) is 5.95. The van der Waals surface area contributed by atoms with Crippen LogP contribution in [0.2, 0.25) is 0 Å². The molecule has 2 unspecified atom stereocenters. The SMILES string of the molecule is Cc1ccccc1OCC1CCN(CN2C=CN=CC2)C(CCc2ccccc2F)C1. The van der Waals surface area contributed by atoms with E-state index in [0.29, 0.717) is 12.0 Å². The van der Waals surface area contributed by atoms with Crippen molar-refractivity contribution in [2.45, 2.75) is 38.6 Å². The van der Waals surface area contributed by atoms with Gasteiger partial charge in [-0.25, -0.2) is 4.39 Å². The van der Waals surface area contributed by atoms with E-state index in [2.05, 4.69) is 34.0 Å². The highest BCUT2D eigenvalue weighted by Gasteiger charge is 2.29. The summed E-state index contributed by atoms with van der Waals surface area (Å²) in [4.78, 5) is 9.01. The van der Waals surface area contributed by atoms with Crippen LogP contribution in [0.15, 0.2) is 65.9 Å². The predicted molar refractivity (Wildman–Crippen MR) is 124 cm³/mol. The van der Waals surface area contributed by atoms with Gasteiger partial charge in [0, 0.05) is 31.2 Å². The van der Waals surface area contributed by atoms with Crippen molar-refractivity contribution >= 4 is 6.21 Å². The van der Waals surface area contributed by atoms with Crippen LogP contribution < -0.4 is 4.74 Å². The van der Waals surface area contributed by atoms with Crippen molar-refractivity contribution in [2.24, 2.45) is 10.9 Å². The number of ether oxygens (including phenoxy) is 1. The summed E-state index contributed by atoms with van der Waals surface area (Å²) in [5, 5.41) is 0. The lowest BCUT2D eigenvalue weighted by Gasteiger charge is -2.42. The monoisotopic (exact) mass is 421 g/mol. The number of halogens is 1. The third-order valence-corrected chi connectivity index (χ3v) is 6.37. The van der Waals surface area contributed by atoms with E-state index in [0.717, 1.165) is 63.4 Å². The van der Waals surface area contributed by atoms with Crippen LogP contribution in [0.4, 0.5) is 4.39 Å². The molecule has 164 valence electrons. The molecule has 0 bridgehead atoms. The van der Waals surface area contributed by atoms with Crippen LogP contribution in [0.5, 0.6) is 5.75 Å². The number of benzene rings is 2. The smallest absolute Gasteiger partial charge is 0.126 e. The Morgan fingerprint density at radius 3 is 2.77 bits per heavy atom. The first-order valence-electron chi connectivity index (χ1n) is 11.3. The van der Waals surface area contributed by atoms with E-state index in [1.807, 2.05) is 42.7 Å². The number of nitrogens with zero attached hydrogens (tertiary/aromatic N) is 3. The molecule has 4 nitrogen and oxygen atoms in total. The van der Waals surface area contributed by atoms with E-state index in [9.17, 15) is 4.39 Å². The number of aliphatic imine (C=N–C) groups is 1. The van der Waals surface area contributed by atoms with Crippen molar-refractivity contribution in [3.05, 3.63) is 77.9 Å². The summed E-state index contributed by atoms with van der Waals surface area (Å²) in [5.74, 6) is 1.39. The fourth-order valence-electron chi connectivity index (χ4n) is 4.51. The summed E-state index contributed by atoms with van der Waals surface area (Å²) < 4.78 is 20.3. The Labute approximate surface area is 185 Å². The lowest BCUT2D eigenvalue weighted by Crippen LogP contribution is -2.48. The summed E-state index contributed by atoms with van der Waals surface area (Å²) in [6.07, 6.45) is 9.75. The van der Waals surface area contributed by atoms with Gasteiger partial charge in [0.1, 0.15) is 11.6 Å². The van der Waals surface area contributed by atoms with Gasteiger partial charge in [-0.1, -0.05) is 36.4 Å². The first kappa shape index (κ1) is 21.6. The molecule has 2 aromatic carbocycles. The first-order valence-corrected chi connectivity index (χ1v) is 11.3.